The molecule has 0 atom stereocenters. The van der Waals surface area contributed by atoms with Gasteiger partial charge in [0, 0.05) is 12.1 Å². The highest BCUT2D eigenvalue weighted by molar-refractivity contribution is 7.78. The maximum atomic E-state index is 13.1. The number of aromatic nitrogens is 2. The van der Waals surface area contributed by atoms with Gasteiger partial charge in [0.2, 0.25) is 0 Å². The first-order chi connectivity index (χ1) is 13.8. The molecule has 0 bridgehead atoms. The molecule has 2 aromatic heterocycles. The van der Waals surface area contributed by atoms with E-state index in [0.29, 0.717) is 0 Å². The van der Waals surface area contributed by atoms with Crippen LogP contribution in [0.5, 0.6) is 11.8 Å². The summed E-state index contributed by atoms with van der Waals surface area (Å²) in [5.41, 5.74) is 5.19. The predicted octanol–water partition coefficient (Wildman–Crippen LogP) is 4.64. The van der Waals surface area contributed by atoms with Crippen molar-refractivity contribution in [2.24, 2.45) is 4.99 Å². The van der Waals surface area contributed by atoms with E-state index < -0.39 is 49.0 Å². The molecule has 0 fully saturated rings. The van der Waals surface area contributed by atoms with E-state index in [4.69, 9.17) is 5.73 Å². The Morgan fingerprint density at radius 2 is 1.37 bits per heavy atom. The number of hydrogen-bond acceptors (Lipinski definition) is 7. The van der Waals surface area contributed by atoms with E-state index in [2.05, 4.69) is 36.7 Å². The molecule has 0 unspecified atom stereocenters. The lowest BCUT2D eigenvalue weighted by atomic mass is 10.4. The Morgan fingerprint density at radius 1 is 0.900 bits per heavy atom. The maximum Gasteiger partial charge on any atom is 0.422 e. The summed E-state index contributed by atoms with van der Waals surface area (Å²) in [6.45, 7) is -3.19. The molecule has 15 heteroatoms. The third-order valence-electron chi connectivity index (χ3n) is 2.54. The van der Waals surface area contributed by atoms with Crippen molar-refractivity contribution in [2.75, 3.05) is 18.9 Å². The third kappa shape index (κ3) is 9.93. The van der Waals surface area contributed by atoms with Crippen molar-refractivity contribution in [1.82, 2.24) is 9.97 Å². The Labute approximate surface area is 168 Å². The van der Waals surface area contributed by atoms with Crippen molar-refractivity contribution < 1.29 is 44.6 Å². The molecular weight excluding hydrogens is 452 g/mol. The highest BCUT2D eigenvalue weighted by atomic mass is 32.1. The number of nitrogens with zero attached hydrogens (tertiary/aromatic N) is 3. The molecule has 2 rings (SSSR count). The highest BCUT2D eigenvalue weighted by Gasteiger charge is 2.30. The number of thiocarbonyl (C=S) groups is 1. The molecule has 0 aromatic carbocycles. The molecule has 0 saturated heterocycles. The molecule has 2 aromatic rings. The van der Waals surface area contributed by atoms with Gasteiger partial charge in [-0.3, -0.25) is 0 Å². The largest absolute Gasteiger partial charge is 0.466 e. The Balaban J connectivity index is 0.000000303. The van der Waals surface area contributed by atoms with Gasteiger partial charge in [-0.25, -0.2) is 18.7 Å². The molecule has 0 aliphatic rings. The number of aliphatic imine (C=N–C) groups is 1. The van der Waals surface area contributed by atoms with Crippen molar-refractivity contribution in [3.8, 4) is 11.8 Å². The average molecular weight is 462 g/mol. The summed E-state index contributed by atoms with van der Waals surface area (Å²) < 4.78 is 104. The van der Waals surface area contributed by atoms with Gasteiger partial charge in [-0.2, -0.15) is 31.3 Å². The Hall–Kier alpha value is -3.06. The lowest BCUT2D eigenvalue weighted by molar-refractivity contribution is -0.155. The lowest BCUT2D eigenvalue weighted by Gasteiger charge is -2.08. The van der Waals surface area contributed by atoms with Crippen LogP contribution in [0.2, 0.25) is 0 Å². The van der Waals surface area contributed by atoms with E-state index in [0.717, 1.165) is 24.5 Å². The smallest absolute Gasteiger partial charge is 0.422 e. The number of alkyl halides is 6. The minimum atomic E-state index is -4.54. The number of pyridine rings is 2. The lowest BCUT2D eigenvalue weighted by Crippen LogP contribution is -2.20. The molecule has 0 saturated carbocycles. The first kappa shape index (κ1) is 25.0. The quantitative estimate of drug-likeness (QED) is 0.396. The molecule has 0 spiro atoms. The zero-order chi connectivity index (χ0) is 22.9. The van der Waals surface area contributed by atoms with Crippen molar-refractivity contribution in [3.05, 3.63) is 36.2 Å². The molecular formula is C15H10F8N4O2S. The van der Waals surface area contributed by atoms with Crippen LogP contribution in [0.1, 0.15) is 0 Å². The summed E-state index contributed by atoms with van der Waals surface area (Å²) >= 11 is 4.26. The van der Waals surface area contributed by atoms with Gasteiger partial charge in [-0.15, -0.1) is 0 Å². The van der Waals surface area contributed by atoms with Gasteiger partial charge in [-0.05, 0) is 12.2 Å². The van der Waals surface area contributed by atoms with Crippen LogP contribution in [0.15, 0.2) is 29.5 Å². The standard InChI is InChI=1S/C8H4F4N2OS.C7H6F4N2O/c9-6-1-5(14-4-16)2-13-7(6)15-3-8(10,11)12;8-5-1-4(12)2-13-6(5)14-3-7(9,10)11/h1-2H,3H2;1-2H,3,12H2. The van der Waals surface area contributed by atoms with Crippen LogP contribution >= 0.6 is 12.2 Å². The first-order valence-corrected chi connectivity index (χ1v) is 7.75. The highest BCUT2D eigenvalue weighted by Crippen LogP contribution is 2.22. The van der Waals surface area contributed by atoms with Crippen molar-refractivity contribution >= 4 is 28.8 Å². The fourth-order valence-electron chi connectivity index (χ4n) is 1.48. The van der Waals surface area contributed by atoms with Crippen molar-refractivity contribution in [1.29, 1.82) is 0 Å². The van der Waals surface area contributed by atoms with Gasteiger partial charge in [0.15, 0.2) is 24.8 Å². The molecule has 6 nitrogen and oxygen atoms in total. The van der Waals surface area contributed by atoms with E-state index in [-0.39, 0.29) is 11.4 Å². The summed E-state index contributed by atoms with van der Waals surface area (Å²) in [5, 5.41) is 1.97. The number of nitrogen functional groups attached to an aromatic ring is 1. The summed E-state index contributed by atoms with van der Waals surface area (Å²) in [6, 6.07) is 1.68. The van der Waals surface area contributed by atoms with Gasteiger partial charge >= 0.3 is 12.4 Å². The topological polar surface area (TPSA) is 82.6 Å². The summed E-state index contributed by atoms with van der Waals surface area (Å²) in [4.78, 5) is 9.98. The number of halogens is 8. The number of nitrogens with two attached hydrogens (primary N) is 1. The van der Waals surface area contributed by atoms with E-state index in [9.17, 15) is 35.1 Å². The van der Waals surface area contributed by atoms with Gasteiger partial charge < -0.3 is 15.2 Å². The zero-order valence-electron chi connectivity index (χ0n) is 14.4. The maximum absolute atomic E-state index is 13.1. The number of rotatable bonds is 5. The number of anilines is 1. The van der Waals surface area contributed by atoms with E-state index in [1.54, 1.807) is 0 Å². The number of isothiocyanates is 1. The van der Waals surface area contributed by atoms with Crippen LogP contribution in [0.3, 0.4) is 0 Å². The van der Waals surface area contributed by atoms with Crippen LogP contribution in [0.25, 0.3) is 0 Å². The summed E-state index contributed by atoms with van der Waals surface area (Å²) in [5.74, 6) is -3.51. The average Bonchev–Trinajstić information content (AvgIpc) is 2.59. The van der Waals surface area contributed by atoms with Gasteiger partial charge in [0.05, 0.1) is 28.9 Å². The van der Waals surface area contributed by atoms with Crippen LogP contribution in [0.4, 0.5) is 46.5 Å². The minimum Gasteiger partial charge on any atom is -0.466 e. The summed E-state index contributed by atoms with van der Waals surface area (Å²) in [7, 11) is 0. The molecule has 0 aliphatic heterocycles. The monoisotopic (exact) mass is 462 g/mol. The van der Waals surface area contributed by atoms with Crippen LogP contribution in [-0.2, 0) is 0 Å². The van der Waals surface area contributed by atoms with Crippen LogP contribution in [0, 0.1) is 11.6 Å². The zero-order valence-corrected chi connectivity index (χ0v) is 15.2. The fraction of sp³-hybridized carbons (Fsp3) is 0.267. The van der Waals surface area contributed by atoms with Gasteiger partial charge in [-0.1, -0.05) is 0 Å². The second kappa shape index (κ2) is 10.6. The van der Waals surface area contributed by atoms with E-state index >= 15 is 0 Å². The molecule has 2 N–H and O–H groups in total. The number of hydrogen-bond donors (Lipinski definition) is 1. The molecule has 0 amide bonds. The van der Waals surface area contributed by atoms with Gasteiger partial charge in [0.25, 0.3) is 11.8 Å². The Kier molecular flexibility index (Phi) is 8.86. The SMILES string of the molecule is Fc1cc(N=C=S)cnc1OCC(F)(F)F.Nc1cnc(OCC(F)(F)F)c(F)c1. The first-order valence-electron chi connectivity index (χ1n) is 7.34. The minimum absolute atomic E-state index is 0.0156. The Morgan fingerprint density at radius 3 is 1.77 bits per heavy atom. The van der Waals surface area contributed by atoms with Crippen LogP contribution < -0.4 is 15.2 Å². The molecule has 0 aliphatic carbocycles. The normalized spacial score (nSPS) is 11.1. The Bertz CT molecular complexity index is 901. The fourth-order valence-corrected chi connectivity index (χ4v) is 1.59. The van der Waals surface area contributed by atoms with E-state index in [1.165, 1.54) is 0 Å². The second-order valence-electron chi connectivity index (χ2n) is 5.05. The second-order valence-corrected chi connectivity index (χ2v) is 5.23. The van der Waals surface area contributed by atoms with Gasteiger partial charge in [0.1, 0.15) is 0 Å². The predicted molar refractivity (Wildman–Crippen MR) is 90.6 cm³/mol. The number of ether oxygens (including phenoxy) is 2. The van der Waals surface area contributed by atoms with E-state index in [1.807, 2.05) is 5.16 Å². The molecule has 2 heterocycles. The molecule has 164 valence electrons. The third-order valence-corrected chi connectivity index (χ3v) is 2.63. The van der Waals surface area contributed by atoms with Crippen LogP contribution in [-0.4, -0.2) is 40.7 Å². The molecule has 0 radical (unpaired) electrons. The van der Waals surface area contributed by atoms with Crippen molar-refractivity contribution in [3.63, 3.8) is 0 Å². The summed E-state index contributed by atoms with van der Waals surface area (Å²) in [6.07, 6.45) is -7.03. The molecule has 30 heavy (non-hydrogen) atoms. The van der Waals surface area contributed by atoms with Crippen molar-refractivity contribution in [2.45, 2.75) is 12.4 Å².